The molecular weight excluding hydrogens is 554 g/mol. The number of carbonyl (C=O) groups is 3. The molecule has 3 N–H and O–H groups in total. The standard InChI is InChI=1S/C26H26N7O5S2/c1-16(2)11-21(28-26(37)38-13-17-7-9-27-10-8-17)23(35)30-31-25(36)33-20(12-34)14-39-24(33)19-5-3-18(4-6-19)22-15-40-32-29-22/h3-10,14-16,21,24H,11,13H2,1-2H3,(H,28,37)(H,30,35)(H,31,36)/t21-,24?/m0/s1. The van der Waals surface area contributed by atoms with Gasteiger partial charge in [-0.1, -0.05) is 42.6 Å². The van der Waals surface area contributed by atoms with E-state index < -0.39 is 29.4 Å². The molecule has 1 aliphatic heterocycles. The highest BCUT2D eigenvalue weighted by Crippen LogP contribution is 2.42. The number of carbonyl (C=O) groups excluding carboxylic acids is 4. The Morgan fingerprint density at radius 2 is 1.85 bits per heavy atom. The second-order valence-electron chi connectivity index (χ2n) is 9.05. The van der Waals surface area contributed by atoms with E-state index >= 15 is 0 Å². The number of alkyl carbamates (subject to hydrolysis) is 1. The number of rotatable bonds is 9. The van der Waals surface area contributed by atoms with Crippen LogP contribution in [-0.4, -0.2) is 49.8 Å². The predicted molar refractivity (Wildman–Crippen MR) is 149 cm³/mol. The number of nitrogens with zero attached hydrogens (tertiary/aromatic N) is 4. The van der Waals surface area contributed by atoms with Gasteiger partial charge in [-0.2, -0.15) is 0 Å². The molecule has 0 aliphatic carbocycles. The van der Waals surface area contributed by atoms with Gasteiger partial charge in [0.1, 0.15) is 29.4 Å². The number of urea groups is 1. The van der Waals surface area contributed by atoms with Crippen LogP contribution in [0.25, 0.3) is 11.3 Å². The smallest absolute Gasteiger partial charge is 0.408 e. The Bertz CT molecular complexity index is 1350. The maximum atomic E-state index is 13.1. The lowest BCUT2D eigenvalue weighted by Crippen LogP contribution is -2.55. The van der Waals surface area contributed by atoms with Crippen LogP contribution in [0.1, 0.15) is 36.8 Å². The fourth-order valence-corrected chi connectivity index (χ4v) is 5.31. The number of ether oxygens (including phenoxy) is 1. The highest BCUT2D eigenvalue weighted by molar-refractivity contribution is 8.02. The van der Waals surface area contributed by atoms with E-state index in [1.807, 2.05) is 43.5 Å². The second-order valence-corrected chi connectivity index (χ2v) is 10.6. The van der Waals surface area contributed by atoms with Gasteiger partial charge in [0, 0.05) is 28.7 Å². The third-order valence-corrected chi connectivity index (χ3v) is 7.31. The molecule has 2 aromatic heterocycles. The molecule has 4 amide bonds. The fraction of sp³-hybridized carbons (Fsp3) is 0.269. The number of hydrogen-bond acceptors (Lipinski definition) is 10. The molecule has 0 saturated carbocycles. The number of thioether (sulfide) groups is 1. The van der Waals surface area contributed by atoms with E-state index in [9.17, 15) is 19.2 Å². The third-order valence-electron chi connectivity index (χ3n) is 5.71. The van der Waals surface area contributed by atoms with Crippen molar-refractivity contribution >= 4 is 47.6 Å². The predicted octanol–water partition coefficient (Wildman–Crippen LogP) is 3.68. The summed E-state index contributed by atoms with van der Waals surface area (Å²) in [5, 5.41) is 9.38. The zero-order valence-electron chi connectivity index (χ0n) is 21.6. The first-order valence-corrected chi connectivity index (χ1v) is 14.0. The van der Waals surface area contributed by atoms with Crippen LogP contribution in [0, 0.1) is 5.92 Å². The van der Waals surface area contributed by atoms with Gasteiger partial charge in [-0.3, -0.25) is 24.9 Å². The Hall–Kier alpha value is -4.30. The maximum absolute atomic E-state index is 13.1. The lowest BCUT2D eigenvalue weighted by atomic mass is 10.0. The molecule has 1 aliphatic rings. The number of aromatic nitrogens is 3. The second kappa shape index (κ2) is 13.7. The Kier molecular flexibility index (Phi) is 9.81. The summed E-state index contributed by atoms with van der Waals surface area (Å²) in [4.78, 5) is 55.1. The molecule has 4 rings (SSSR count). The molecule has 14 heteroatoms. The van der Waals surface area contributed by atoms with Gasteiger partial charge in [-0.25, -0.2) is 15.0 Å². The average molecular weight is 581 g/mol. The topological polar surface area (TPSA) is 156 Å². The first kappa shape index (κ1) is 28.7. The van der Waals surface area contributed by atoms with Crippen molar-refractivity contribution in [1.82, 2.24) is 35.6 Å². The van der Waals surface area contributed by atoms with Crippen molar-refractivity contribution in [2.45, 2.75) is 38.3 Å². The molecule has 12 nitrogen and oxygen atoms in total. The molecule has 2 atom stereocenters. The molecule has 1 aromatic carbocycles. The molecule has 207 valence electrons. The van der Waals surface area contributed by atoms with Crippen molar-refractivity contribution in [1.29, 1.82) is 0 Å². The maximum Gasteiger partial charge on any atom is 0.408 e. The van der Waals surface area contributed by atoms with Crippen LogP contribution < -0.4 is 16.2 Å². The van der Waals surface area contributed by atoms with Gasteiger partial charge >= 0.3 is 12.1 Å². The lowest BCUT2D eigenvalue weighted by molar-refractivity contribution is -0.124. The molecule has 1 radical (unpaired) electrons. The summed E-state index contributed by atoms with van der Waals surface area (Å²) in [5.74, 6) is -0.596. The van der Waals surface area contributed by atoms with Gasteiger partial charge < -0.3 is 10.1 Å². The van der Waals surface area contributed by atoms with E-state index in [1.165, 1.54) is 33.6 Å². The van der Waals surface area contributed by atoms with Crippen molar-refractivity contribution in [2.75, 3.05) is 0 Å². The number of hydrazine groups is 1. The monoisotopic (exact) mass is 580 g/mol. The molecular formula is C26H26N7O5S2. The summed E-state index contributed by atoms with van der Waals surface area (Å²) in [6.07, 6.45) is 4.44. The fourth-order valence-electron chi connectivity index (χ4n) is 3.78. The minimum Gasteiger partial charge on any atom is -0.445 e. The largest absolute Gasteiger partial charge is 0.445 e. The minimum absolute atomic E-state index is 0.00801. The molecule has 0 spiro atoms. The molecule has 1 unspecified atom stereocenters. The molecule has 3 heterocycles. The van der Waals surface area contributed by atoms with Crippen LogP contribution in [0.15, 0.2) is 65.3 Å². The van der Waals surface area contributed by atoms with Crippen molar-refractivity contribution in [3.63, 3.8) is 0 Å². The summed E-state index contributed by atoms with van der Waals surface area (Å²) in [7, 11) is 0. The van der Waals surface area contributed by atoms with E-state index in [2.05, 4.69) is 30.7 Å². The zero-order valence-corrected chi connectivity index (χ0v) is 23.2. The Morgan fingerprint density at radius 1 is 1.10 bits per heavy atom. The molecule has 40 heavy (non-hydrogen) atoms. The summed E-state index contributed by atoms with van der Waals surface area (Å²) >= 11 is 2.50. The van der Waals surface area contributed by atoms with Gasteiger partial charge in [-0.05, 0) is 47.1 Å². The van der Waals surface area contributed by atoms with E-state index in [1.54, 1.807) is 30.8 Å². The number of allylic oxidation sites excluding steroid dienone is 1. The average Bonchev–Trinajstić information content (AvgIpc) is 3.65. The van der Waals surface area contributed by atoms with Gasteiger partial charge in [0.25, 0.3) is 12.2 Å². The number of pyridine rings is 1. The third kappa shape index (κ3) is 7.42. The number of benzene rings is 1. The highest BCUT2D eigenvalue weighted by atomic mass is 32.2. The van der Waals surface area contributed by atoms with E-state index in [0.717, 1.165) is 22.4 Å². The van der Waals surface area contributed by atoms with E-state index in [4.69, 9.17) is 4.74 Å². The van der Waals surface area contributed by atoms with E-state index in [-0.39, 0.29) is 18.2 Å². The summed E-state index contributed by atoms with van der Waals surface area (Å²) < 4.78 is 9.07. The summed E-state index contributed by atoms with van der Waals surface area (Å²) in [6, 6.07) is 9.05. The summed E-state index contributed by atoms with van der Waals surface area (Å²) in [5.41, 5.74) is 7.80. The van der Waals surface area contributed by atoms with Crippen molar-refractivity contribution < 1.29 is 23.9 Å². The van der Waals surface area contributed by atoms with Crippen LogP contribution in [-0.2, 0) is 20.9 Å². The Balaban J connectivity index is 1.37. The molecule has 0 saturated heterocycles. The van der Waals surface area contributed by atoms with Gasteiger partial charge in [-0.15, -0.1) is 16.9 Å². The van der Waals surface area contributed by atoms with Crippen molar-refractivity contribution in [2.24, 2.45) is 5.92 Å². The number of nitrogens with one attached hydrogen (secondary N) is 3. The Morgan fingerprint density at radius 3 is 2.50 bits per heavy atom. The zero-order chi connectivity index (χ0) is 28.5. The lowest BCUT2D eigenvalue weighted by Gasteiger charge is -2.26. The van der Waals surface area contributed by atoms with Crippen molar-refractivity contribution in [3.8, 4) is 11.3 Å². The van der Waals surface area contributed by atoms with Gasteiger partial charge in [0.15, 0.2) is 0 Å². The molecule has 0 fully saturated rings. The first-order chi connectivity index (χ1) is 19.4. The minimum atomic E-state index is -0.977. The van der Waals surface area contributed by atoms with E-state index in [0.29, 0.717) is 6.42 Å². The van der Waals surface area contributed by atoms with Crippen LogP contribution in [0.3, 0.4) is 0 Å². The molecule has 3 aromatic rings. The quantitative estimate of drug-likeness (QED) is 0.321. The van der Waals surface area contributed by atoms with Crippen LogP contribution in [0.2, 0.25) is 0 Å². The Labute approximate surface area is 238 Å². The van der Waals surface area contributed by atoms with Crippen LogP contribution in [0.5, 0.6) is 0 Å². The van der Waals surface area contributed by atoms with Gasteiger partial charge in [0.05, 0.1) is 0 Å². The first-order valence-electron chi connectivity index (χ1n) is 12.2. The van der Waals surface area contributed by atoms with Crippen LogP contribution >= 0.6 is 23.3 Å². The number of amides is 4. The molecule has 0 bridgehead atoms. The SMILES string of the molecule is CC(C)C[C@H](NC(=O)OCc1ccncc1)C(=O)NNC(=O)N1C([C]=O)=CSC1c1ccc(-c2csnn2)cc1. The number of hydrogen-bond donors (Lipinski definition) is 3. The normalized spacial score (nSPS) is 15.2. The van der Waals surface area contributed by atoms with Crippen LogP contribution in [0.4, 0.5) is 9.59 Å². The summed E-state index contributed by atoms with van der Waals surface area (Å²) in [6.45, 7) is 3.79. The highest BCUT2D eigenvalue weighted by Gasteiger charge is 2.34. The van der Waals surface area contributed by atoms with Gasteiger partial charge in [0.2, 0.25) is 0 Å². The van der Waals surface area contributed by atoms with Crippen molar-refractivity contribution in [3.05, 3.63) is 76.4 Å².